The van der Waals surface area contributed by atoms with Crippen LogP contribution in [0.15, 0.2) is 34.9 Å². The van der Waals surface area contributed by atoms with Gasteiger partial charge in [-0.25, -0.2) is 9.37 Å². The third kappa shape index (κ3) is 7.04. The maximum atomic E-state index is 12.6. The molecular weight excluding hydrogens is 515 g/mol. The van der Waals surface area contributed by atoms with Crippen LogP contribution < -0.4 is 20.7 Å². The van der Waals surface area contributed by atoms with Crippen molar-refractivity contribution in [1.29, 1.82) is 0 Å². The van der Waals surface area contributed by atoms with E-state index in [1.807, 2.05) is 38.1 Å². The summed E-state index contributed by atoms with van der Waals surface area (Å²) in [6.45, 7) is 5.73. The van der Waals surface area contributed by atoms with E-state index in [9.17, 15) is 9.18 Å². The molecule has 10 heteroatoms. The number of nitrogens with one attached hydrogen (secondary N) is 3. The molecule has 2 aromatic rings. The Balaban J connectivity index is 1.35. The summed E-state index contributed by atoms with van der Waals surface area (Å²) in [6.07, 6.45) is 5.49. The van der Waals surface area contributed by atoms with Gasteiger partial charge in [0.15, 0.2) is 0 Å². The summed E-state index contributed by atoms with van der Waals surface area (Å²) in [5, 5.41) is 9.72. The average molecular weight is 549 g/mol. The molecule has 0 radical (unpaired) electrons. The Morgan fingerprint density at radius 3 is 2.80 bits per heavy atom. The number of hydrogen-bond acceptors (Lipinski definition) is 7. The first-order chi connectivity index (χ1) is 16.9. The molecule has 3 N–H and O–H groups in total. The molecule has 1 aliphatic heterocycles. The summed E-state index contributed by atoms with van der Waals surface area (Å²) in [7, 11) is 0. The highest BCUT2D eigenvalue weighted by molar-refractivity contribution is 9.10. The third-order valence-corrected chi connectivity index (χ3v) is 6.97. The molecule has 190 valence electrons. The van der Waals surface area contributed by atoms with E-state index in [0.717, 1.165) is 54.7 Å². The Bertz CT molecular complexity index is 992. The van der Waals surface area contributed by atoms with Crippen molar-refractivity contribution in [3.05, 3.63) is 34.9 Å². The molecule has 1 saturated carbocycles. The molecule has 35 heavy (non-hydrogen) atoms. The van der Waals surface area contributed by atoms with Gasteiger partial charge in [-0.05, 0) is 73.3 Å². The zero-order valence-corrected chi connectivity index (χ0v) is 21.9. The predicted octanol–water partition coefficient (Wildman–Crippen LogP) is 4.51. The SMILES string of the molecule is CC(C)NC(=O)[C@H]1CCC[C@H]1Nc1nc(Nc2ccc(OC3CCN(CCF)C3)cc2)ncc1Br. The van der Waals surface area contributed by atoms with Gasteiger partial charge in [0.05, 0.1) is 10.4 Å². The summed E-state index contributed by atoms with van der Waals surface area (Å²) >= 11 is 3.53. The fourth-order valence-electron chi connectivity index (χ4n) is 4.70. The zero-order valence-electron chi connectivity index (χ0n) is 20.3. The van der Waals surface area contributed by atoms with Crippen LogP contribution in [0.5, 0.6) is 5.75 Å². The number of anilines is 3. The molecule has 4 rings (SSSR count). The Kier molecular flexibility index (Phi) is 8.78. The summed E-state index contributed by atoms with van der Waals surface area (Å²) in [6, 6.07) is 7.82. The van der Waals surface area contributed by atoms with E-state index >= 15 is 0 Å². The number of halogens is 2. The van der Waals surface area contributed by atoms with Crippen molar-refractivity contribution < 1.29 is 13.9 Å². The monoisotopic (exact) mass is 548 g/mol. The molecule has 1 aromatic heterocycles. The summed E-state index contributed by atoms with van der Waals surface area (Å²) in [5.74, 6) is 1.92. The van der Waals surface area contributed by atoms with Gasteiger partial charge in [-0.2, -0.15) is 4.98 Å². The minimum atomic E-state index is -0.322. The van der Waals surface area contributed by atoms with E-state index in [0.29, 0.717) is 18.3 Å². The molecule has 1 saturated heterocycles. The molecule has 1 aromatic carbocycles. The first-order valence-corrected chi connectivity index (χ1v) is 13.1. The van der Waals surface area contributed by atoms with Gasteiger partial charge in [0.1, 0.15) is 24.3 Å². The van der Waals surface area contributed by atoms with Crippen LogP contribution in [0.25, 0.3) is 0 Å². The molecule has 2 fully saturated rings. The van der Waals surface area contributed by atoms with Gasteiger partial charge < -0.3 is 20.7 Å². The van der Waals surface area contributed by atoms with Crippen LogP contribution in [0.3, 0.4) is 0 Å². The molecule has 1 unspecified atom stereocenters. The standard InChI is InChI=1S/C25H34BrFN6O2/c1-16(2)29-24(34)20-4-3-5-22(20)31-23-21(26)14-28-25(32-23)30-17-6-8-18(9-7-17)35-19-10-12-33(15-19)13-11-27/h6-9,14,16,19-20,22H,3-5,10-13,15H2,1-2H3,(H,29,34)(H2,28,30,31,32)/t19?,20-,22+/m0/s1. The lowest BCUT2D eigenvalue weighted by molar-refractivity contribution is -0.125. The Morgan fingerprint density at radius 1 is 1.26 bits per heavy atom. The second kappa shape index (κ2) is 12.0. The van der Waals surface area contributed by atoms with Crippen LogP contribution in [-0.2, 0) is 4.79 Å². The van der Waals surface area contributed by atoms with Gasteiger partial charge in [-0.3, -0.25) is 9.69 Å². The normalized spacial score (nSPS) is 22.4. The van der Waals surface area contributed by atoms with Crippen LogP contribution in [0.1, 0.15) is 39.5 Å². The fourth-order valence-corrected chi connectivity index (χ4v) is 5.00. The minimum Gasteiger partial charge on any atom is -0.489 e. The number of likely N-dealkylation sites (tertiary alicyclic amines) is 1. The van der Waals surface area contributed by atoms with E-state index in [2.05, 4.69) is 46.7 Å². The number of amides is 1. The number of aromatic nitrogens is 2. The molecule has 2 heterocycles. The van der Waals surface area contributed by atoms with Crippen molar-refractivity contribution in [3.8, 4) is 5.75 Å². The molecule has 3 atom stereocenters. The first-order valence-electron chi connectivity index (χ1n) is 12.3. The summed E-state index contributed by atoms with van der Waals surface area (Å²) in [4.78, 5) is 23.7. The van der Waals surface area contributed by atoms with Gasteiger partial charge in [-0.15, -0.1) is 0 Å². The third-order valence-electron chi connectivity index (χ3n) is 6.39. The topological polar surface area (TPSA) is 91.4 Å². The molecule has 0 bridgehead atoms. The lowest BCUT2D eigenvalue weighted by Crippen LogP contribution is -2.41. The van der Waals surface area contributed by atoms with E-state index in [1.165, 1.54) is 0 Å². The van der Waals surface area contributed by atoms with Crippen molar-refractivity contribution in [2.45, 2.75) is 57.7 Å². The highest BCUT2D eigenvalue weighted by atomic mass is 79.9. The fraction of sp³-hybridized carbons (Fsp3) is 0.560. The van der Waals surface area contributed by atoms with Crippen LogP contribution in [0, 0.1) is 5.92 Å². The number of ether oxygens (including phenoxy) is 1. The maximum Gasteiger partial charge on any atom is 0.229 e. The Morgan fingerprint density at radius 2 is 2.06 bits per heavy atom. The van der Waals surface area contributed by atoms with Crippen LogP contribution >= 0.6 is 15.9 Å². The summed E-state index contributed by atoms with van der Waals surface area (Å²) in [5.41, 5.74) is 0.839. The largest absolute Gasteiger partial charge is 0.489 e. The smallest absolute Gasteiger partial charge is 0.229 e. The number of rotatable bonds is 10. The average Bonchev–Trinajstić information content (AvgIpc) is 3.47. The van der Waals surface area contributed by atoms with Gasteiger partial charge in [0, 0.05) is 43.6 Å². The molecular formula is C25H34BrFN6O2. The van der Waals surface area contributed by atoms with Gasteiger partial charge in [0.25, 0.3) is 0 Å². The zero-order chi connectivity index (χ0) is 24.8. The molecule has 8 nitrogen and oxygen atoms in total. The van der Waals surface area contributed by atoms with Crippen LogP contribution in [0.2, 0.25) is 0 Å². The van der Waals surface area contributed by atoms with E-state index in [4.69, 9.17) is 4.74 Å². The lowest BCUT2D eigenvalue weighted by Gasteiger charge is -2.22. The van der Waals surface area contributed by atoms with Crippen molar-refractivity contribution in [3.63, 3.8) is 0 Å². The Labute approximate surface area is 214 Å². The number of alkyl halides is 1. The van der Waals surface area contributed by atoms with Gasteiger partial charge >= 0.3 is 0 Å². The van der Waals surface area contributed by atoms with Crippen molar-refractivity contribution in [2.75, 3.05) is 36.9 Å². The predicted molar refractivity (Wildman–Crippen MR) is 139 cm³/mol. The van der Waals surface area contributed by atoms with Gasteiger partial charge in [0.2, 0.25) is 11.9 Å². The molecule has 0 spiro atoms. The lowest BCUT2D eigenvalue weighted by atomic mass is 10.0. The van der Waals surface area contributed by atoms with Gasteiger partial charge in [-0.1, -0.05) is 6.42 Å². The molecule has 1 amide bonds. The van der Waals surface area contributed by atoms with E-state index in [-0.39, 0.29) is 36.7 Å². The first kappa shape index (κ1) is 25.6. The van der Waals surface area contributed by atoms with Crippen molar-refractivity contribution >= 4 is 39.3 Å². The highest BCUT2D eigenvalue weighted by Gasteiger charge is 2.33. The second-order valence-electron chi connectivity index (χ2n) is 9.51. The van der Waals surface area contributed by atoms with E-state index < -0.39 is 0 Å². The number of hydrogen-bond donors (Lipinski definition) is 3. The van der Waals surface area contributed by atoms with Crippen molar-refractivity contribution in [1.82, 2.24) is 20.2 Å². The quantitative estimate of drug-likeness (QED) is 0.402. The second-order valence-corrected chi connectivity index (χ2v) is 10.4. The van der Waals surface area contributed by atoms with Crippen LogP contribution in [0.4, 0.5) is 21.8 Å². The number of nitrogens with zero attached hydrogens (tertiary/aromatic N) is 3. The van der Waals surface area contributed by atoms with Crippen molar-refractivity contribution in [2.24, 2.45) is 5.92 Å². The minimum absolute atomic E-state index is 0.0284. The summed E-state index contributed by atoms with van der Waals surface area (Å²) < 4.78 is 19.3. The molecule has 1 aliphatic carbocycles. The number of carbonyl (C=O) groups is 1. The highest BCUT2D eigenvalue weighted by Crippen LogP contribution is 2.31. The maximum absolute atomic E-state index is 12.6. The van der Waals surface area contributed by atoms with Crippen LogP contribution in [-0.4, -0.2) is 65.3 Å². The Hall–Kier alpha value is -2.46. The van der Waals surface area contributed by atoms with E-state index in [1.54, 1.807) is 6.20 Å². The number of benzene rings is 1. The molecule has 2 aliphatic rings. The number of carbonyl (C=O) groups excluding carboxylic acids is 1.